The number of benzene rings is 1. The van der Waals surface area contributed by atoms with Crippen LogP contribution in [0.25, 0.3) is 0 Å². The number of aliphatic hydroxyl groups excluding tert-OH is 1. The highest BCUT2D eigenvalue weighted by Crippen LogP contribution is 2.32. The monoisotopic (exact) mass is 274 g/mol. The molecule has 3 rings (SSSR count). The smallest absolute Gasteiger partial charge is 0.264 e. The fourth-order valence-electron chi connectivity index (χ4n) is 2.49. The zero-order valence-electron chi connectivity index (χ0n) is 11.5. The lowest BCUT2D eigenvalue weighted by atomic mass is 9.89. The van der Waals surface area contributed by atoms with Crippen molar-refractivity contribution in [3.8, 4) is 5.75 Å². The van der Waals surface area contributed by atoms with E-state index in [1.165, 1.54) is 5.56 Å². The van der Waals surface area contributed by atoms with Gasteiger partial charge in [0, 0.05) is 6.42 Å². The Bertz CT molecular complexity index is 595. The van der Waals surface area contributed by atoms with Crippen LogP contribution in [0.5, 0.6) is 5.75 Å². The normalized spacial score (nSPS) is 17.8. The number of hydrogen-bond acceptors (Lipinski definition) is 5. The fourth-order valence-corrected chi connectivity index (χ4v) is 2.49. The van der Waals surface area contributed by atoms with Gasteiger partial charge >= 0.3 is 0 Å². The van der Waals surface area contributed by atoms with Crippen molar-refractivity contribution in [3.63, 3.8) is 0 Å². The average molecular weight is 274 g/mol. The third-order valence-electron chi connectivity index (χ3n) is 3.59. The van der Waals surface area contributed by atoms with Gasteiger partial charge < -0.3 is 14.4 Å². The van der Waals surface area contributed by atoms with Gasteiger partial charge in [0.1, 0.15) is 5.75 Å². The van der Waals surface area contributed by atoms with Crippen LogP contribution in [0.4, 0.5) is 0 Å². The van der Waals surface area contributed by atoms with Gasteiger partial charge in [0.15, 0.2) is 12.4 Å². The summed E-state index contributed by atoms with van der Waals surface area (Å²) in [6.45, 7) is 2.25. The number of nitrogens with zero attached hydrogens (tertiary/aromatic N) is 2. The first-order chi connectivity index (χ1) is 9.76. The second kappa shape index (κ2) is 5.63. The highest BCUT2D eigenvalue weighted by Gasteiger charge is 2.18. The van der Waals surface area contributed by atoms with E-state index in [1.54, 1.807) is 0 Å². The molecule has 106 valence electrons. The summed E-state index contributed by atoms with van der Waals surface area (Å²) in [5.41, 5.74) is 2.19. The minimum atomic E-state index is -0.337. The summed E-state index contributed by atoms with van der Waals surface area (Å²) in [6, 6.07) is 5.82. The van der Waals surface area contributed by atoms with Crippen molar-refractivity contribution < 1.29 is 14.4 Å². The molecule has 5 nitrogen and oxygen atoms in total. The summed E-state index contributed by atoms with van der Waals surface area (Å²) in [7, 11) is 0. The summed E-state index contributed by atoms with van der Waals surface area (Å²) in [6.07, 6.45) is 3.26. The molecule has 0 spiro atoms. The standard InChI is InChI=1S/C15H18N2O3/c1-2-14-16-15(20-17-14)9-19-11-6-7-12-10(8-11)4-3-5-13(12)18/h6-8,13,18H,2-5,9H2,1H3. The number of aromatic nitrogens is 2. The van der Waals surface area contributed by atoms with Gasteiger partial charge in [-0.05, 0) is 42.5 Å². The van der Waals surface area contributed by atoms with Crippen molar-refractivity contribution >= 4 is 0 Å². The molecule has 0 saturated carbocycles. The number of ether oxygens (including phenoxy) is 1. The van der Waals surface area contributed by atoms with E-state index in [1.807, 2.05) is 25.1 Å². The lowest BCUT2D eigenvalue weighted by Crippen LogP contribution is -2.09. The lowest BCUT2D eigenvalue weighted by Gasteiger charge is -2.21. The van der Waals surface area contributed by atoms with Gasteiger partial charge in [-0.2, -0.15) is 4.98 Å². The molecule has 1 aliphatic rings. The van der Waals surface area contributed by atoms with E-state index >= 15 is 0 Å². The Balaban J connectivity index is 1.68. The zero-order valence-corrected chi connectivity index (χ0v) is 11.5. The van der Waals surface area contributed by atoms with Gasteiger partial charge in [-0.15, -0.1) is 0 Å². The van der Waals surface area contributed by atoms with Crippen LogP contribution in [0.3, 0.4) is 0 Å². The van der Waals surface area contributed by atoms with Crippen LogP contribution >= 0.6 is 0 Å². The van der Waals surface area contributed by atoms with Crippen molar-refractivity contribution in [3.05, 3.63) is 41.0 Å². The lowest BCUT2D eigenvalue weighted by molar-refractivity contribution is 0.156. The molecule has 0 fully saturated rings. The van der Waals surface area contributed by atoms with Crippen LogP contribution < -0.4 is 4.74 Å². The molecule has 1 aromatic carbocycles. The molecule has 20 heavy (non-hydrogen) atoms. The topological polar surface area (TPSA) is 68.4 Å². The molecular weight excluding hydrogens is 256 g/mol. The van der Waals surface area contributed by atoms with Crippen LogP contribution in [0.15, 0.2) is 22.7 Å². The van der Waals surface area contributed by atoms with Crippen LogP contribution in [0.1, 0.15) is 48.7 Å². The molecule has 0 saturated heterocycles. The summed E-state index contributed by atoms with van der Waals surface area (Å²) in [5, 5.41) is 13.7. The van der Waals surface area contributed by atoms with E-state index in [4.69, 9.17) is 9.26 Å². The van der Waals surface area contributed by atoms with E-state index in [9.17, 15) is 5.11 Å². The maximum atomic E-state index is 9.92. The minimum Gasteiger partial charge on any atom is -0.484 e. The number of aliphatic hydroxyl groups is 1. The fraction of sp³-hybridized carbons (Fsp3) is 0.467. The van der Waals surface area contributed by atoms with E-state index in [2.05, 4.69) is 10.1 Å². The van der Waals surface area contributed by atoms with Gasteiger partial charge in [-0.25, -0.2) is 0 Å². The van der Waals surface area contributed by atoms with Gasteiger partial charge in [0.2, 0.25) is 0 Å². The van der Waals surface area contributed by atoms with Gasteiger partial charge in [0.25, 0.3) is 5.89 Å². The molecule has 1 unspecified atom stereocenters. The van der Waals surface area contributed by atoms with E-state index in [0.29, 0.717) is 11.7 Å². The molecule has 5 heteroatoms. The van der Waals surface area contributed by atoms with Crippen molar-refractivity contribution in [1.29, 1.82) is 0 Å². The molecule has 0 amide bonds. The maximum Gasteiger partial charge on any atom is 0.264 e. The Labute approximate surface area is 117 Å². The van der Waals surface area contributed by atoms with E-state index in [0.717, 1.165) is 37.0 Å². The molecule has 1 N–H and O–H groups in total. The summed E-state index contributed by atoms with van der Waals surface area (Å²) < 4.78 is 10.8. The Kier molecular flexibility index (Phi) is 3.69. The van der Waals surface area contributed by atoms with E-state index in [-0.39, 0.29) is 12.7 Å². The predicted molar refractivity (Wildman–Crippen MR) is 72.3 cm³/mol. The number of rotatable bonds is 4. The van der Waals surface area contributed by atoms with Crippen molar-refractivity contribution in [1.82, 2.24) is 10.1 Å². The zero-order chi connectivity index (χ0) is 13.9. The number of fused-ring (bicyclic) bond motifs is 1. The van der Waals surface area contributed by atoms with Crippen molar-refractivity contribution in [2.75, 3.05) is 0 Å². The molecule has 0 radical (unpaired) electrons. The van der Waals surface area contributed by atoms with Crippen LogP contribution in [0.2, 0.25) is 0 Å². The average Bonchev–Trinajstić information content (AvgIpc) is 2.93. The molecule has 1 heterocycles. The van der Waals surface area contributed by atoms with Crippen molar-refractivity contribution in [2.45, 2.75) is 45.3 Å². The summed E-state index contributed by atoms with van der Waals surface area (Å²) in [5.74, 6) is 1.95. The molecule has 1 aliphatic carbocycles. The Morgan fingerprint density at radius 3 is 3.15 bits per heavy atom. The summed E-state index contributed by atoms with van der Waals surface area (Å²) >= 11 is 0. The Hall–Kier alpha value is -1.88. The number of hydrogen-bond donors (Lipinski definition) is 1. The molecular formula is C15H18N2O3. The van der Waals surface area contributed by atoms with Crippen LogP contribution in [-0.4, -0.2) is 15.2 Å². The molecule has 1 atom stereocenters. The predicted octanol–water partition coefficient (Wildman–Crippen LogP) is 2.58. The maximum absolute atomic E-state index is 9.92. The second-order valence-corrected chi connectivity index (χ2v) is 5.02. The highest BCUT2D eigenvalue weighted by atomic mass is 16.5. The van der Waals surface area contributed by atoms with Crippen LogP contribution in [-0.2, 0) is 19.4 Å². The highest BCUT2D eigenvalue weighted by molar-refractivity contribution is 5.38. The Morgan fingerprint density at radius 1 is 1.45 bits per heavy atom. The molecule has 0 bridgehead atoms. The number of aryl methyl sites for hydroxylation is 2. The third kappa shape index (κ3) is 2.67. The third-order valence-corrected chi connectivity index (χ3v) is 3.59. The van der Waals surface area contributed by atoms with Gasteiger partial charge in [0.05, 0.1) is 6.10 Å². The van der Waals surface area contributed by atoms with Crippen molar-refractivity contribution in [2.24, 2.45) is 0 Å². The van der Waals surface area contributed by atoms with Gasteiger partial charge in [-0.3, -0.25) is 0 Å². The van der Waals surface area contributed by atoms with Crippen LogP contribution in [0, 0.1) is 0 Å². The second-order valence-electron chi connectivity index (χ2n) is 5.02. The molecule has 2 aromatic rings. The minimum absolute atomic E-state index is 0.272. The Morgan fingerprint density at radius 2 is 2.35 bits per heavy atom. The first kappa shape index (κ1) is 13.1. The molecule has 0 aliphatic heterocycles. The van der Waals surface area contributed by atoms with Gasteiger partial charge in [-0.1, -0.05) is 18.1 Å². The SMILES string of the molecule is CCc1noc(COc2ccc3c(c2)CCCC3O)n1. The van der Waals surface area contributed by atoms with E-state index < -0.39 is 0 Å². The summed E-state index contributed by atoms with van der Waals surface area (Å²) in [4.78, 5) is 4.20. The molecule has 1 aromatic heterocycles. The quantitative estimate of drug-likeness (QED) is 0.928. The first-order valence-electron chi connectivity index (χ1n) is 7.01. The largest absolute Gasteiger partial charge is 0.484 e. The first-order valence-corrected chi connectivity index (χ1v) is 7.01.